The van der Waals surface area contributed by atoms with Crippen LogP contribution in [0, 0.1) is 0 Å². The lowest BCUT2D eigenvalue weighted by Gasteiger charge is -2.18. The van der Waals surface area contributed by atoms with E-state index in [1.54, 1.807) is 0 Å². The van der Waals surface area contributed by atoms with E-state index in [0.717, 1.165) is 31.6 Å². The SMILES string of the molecule is FC(F)(F)c1ccc(-n2nnnc2CN2CCCOCC2)c(Cl)c1. The van der Waals surface area contributed by atoms with Crippen LogP contribution in [0.2, 0.25) is 5.02 Å². The fraction of sp³-hybridized carbons (Fsp3) is 0.500. The minimum absolute atomic E-state index is 0.0578. The normalized spacial score (nSPS) is 17.0. The van der Waals surface area contributed by atoms with E-state index in [-0.39, 0.29) is 5.02 Å². The molecule has 0 atom stereocenters. The number of rotatable bonds is 3. The van der Waals surface area contributed by atoms with Gasteiger partial charge in [0.2, 0.25) is 0 Å². The van der Waals surface area contributed by atoms with Crippen LogP contribution >= 0.6 is 11.6 Å². The summed E-state index contributed by atoms with van der Waals surface area (Å²) < 4.78 is 45.0. The first-order valence-corrected chi connectivity index (χ1v) is 7.77. The van der Waals surface area contributed by atoms with Crippen molar-refractivity contribution in [1.29, 1.82) is 0 Å². The molecule has 0 aliphatic carbocycles. The van der Waals surface area contributed by atoms with E-state index in [1.165, 1.54) is 10.7 Å². The van der Waals surface area contributed by atoms with Gasteiger partial charge >= 0.3 is 6.18 Å². The number of halogens is 4. The van der Waals surface area contributed by atoms with Crippen LogP contribution in [-0.2, 0) is 17.5 Å². The zero-order chi connectivity index (χ0) is 17.2. The first kappa shape index (κ1) is 17.1. The lowest BCUT2D eigenvalue weighted by molar-refractivity contribution is -0.137. The summed E-state index contributed by atoms with van der Waals surface area (Å²) >= 11 is 6.02. The van der Waals surface area contributed by atoms with Gasteiger partial charge in [-0.1, -0.05) is 11.6 Å². The minimum atomic E-state index is -4.45. The van der Waals surface area contributed by atoms with Crippen molar-refractivity contribution in [1.82, 2.24) is 25.1 Å². The van der Waals surface area contributed by atoms with Gasteiger partial charge in [0.25, 0.3) is 0 Å². The molecule has 0 N–H and O–H groups in total. The van der Waals surface area contributed by atoms with E-state index in [2.05, 4.69) is 20.4 Å². The predicted molar refractivity (Wildman–Crippen MR) is 79.9 cm³/mol. The molecule has 24 heavy (non-hydrogen) atoms. The van der Waals surface area contributed by atoms with Gasteiger partial charge in [-0.15, -0.1) is 5.10 Å². The molecule has 0 amide bonds. The first-order valence-electron chi connectivity index (χ1n) is 7.39. The van der Waals surface area contributed by atoms with Crippen molar-refractivity contribution in [3.8, 4) is 5.69 Å². The number of ether oxygens (including phenoxy) is 1. The maximum atomic E-state index is 12.7. The molecule has 1 aromatic carbocycles. The summed E-state index contributed by atoms with van der Waals surface area (Å²) in [7, 11) is 0. The van der Waals surface area contributed by atoms with Crippen molar-refractivity contribution >= 4 is 11.6 Å². The van der Waals surface area contributed by atoms with Crippen LogP contribution in [0.25, 0.3) is 5.69 Å². The second kappa shape index (κ2) is 7.04. The fourth-order valence-corrected chi connectivity index (χ4v) is 2.76. The van der Waals surface area contributed by atoms with Crippen molar-refractivity contribution in [2.45, 2.75) is 19.1 Å². The van der Waals surface area contributed by atoms with E-state index in [0.29, 0.717) is 31.3 Å². The quantitative estimate of drug-likeness (QED) is 0.841. The van der Waals surface area contributed by atoms with Crippen molar-refractivity contribution in [2.75, 3.05) is 26.3 Å². The van der Waals surface area contributed by atoms with Gasteiger partial charge in [0.1, 0.15) is 0 Å². The Morgan fingerprint density at radius 2 is 2.04 bits per heavy atom. The van der Waals surface area contributed by atoms with Gasteiger partial charge in [-0.2, -0.15) is 17.9 Å². The molecule has 10 heteroatoms. The molecule has 0 saturated carbocycles. The summed E-state index contributed by atoms with van der Waals surface area (Å²) in [6.45, 7) is 3.39. The Balaban J connectivity index is 1.84. The molecule has 130 valence electrons. The Morgan fingerprint density at radius 3 is 2.79 bits per heavy atom. The topological polar surface area (TPSA) is 56.1 Å². The predicted octanol–water partition coefficient (Wildman–Crippen LogP) is 2.56. The third-order valence-electron chi connectivity index (χ3n) is 3.72. The van der Waals surface area contributed by atoms with Crippen LogP contribution in [0.1, 0.15) is 17.8 Å². The van der Waals surface area contributed by atoms with Gasteiger partial charge in [0.15, 0.2) is 5.82 Å². The highest BCUT2D eigenvalue weighted by molar-refractivity contribution is 6.32. The van der Waals surface area contributed by atoms with Gasteiger partial charge in [-0.05, 0) is 35.0 Å². The largest absolute Gasteiger partial charge is 0.416 e. The highest BCUT2D eigenvalue weighted by Crippen LogP contribution is 2.33. The molecule has 0 unspecified atom stereocenters. The maximum absolute atomic E-state index is 12.7. The highest BCUT2D eigenvalue weighted by Gasteiger charge is 2.31. The summed E-state index contributed by atoms with van der Waals surface area (Å²) in [6, 6.07) is 3.12. The fourth-order valence-electron chi connectivity index (χ4n) is 2.50. The summed E-state index contributed by atoms with van der Waals surface area (Å²) in [5.74, 6) is 0.513. The standard InChI is InChI=1S/C14H15ClF3N5O/c15-11-8-10(14(16,17)18)2-3-12(11)23-13(19-20-21-23)9-22-4-1-6-24-7-5-22/h2-3,8H,1,4-7,9H2. The van der Waals surface area contributed by atoms with Gasteiger partial charge in [-0.3, -0.25) is 4.90 Å². The average molecular weight is 362 g/mol. The van der Waals surface area contributed by atoms with Crippen molar-refractivity contribution in [3.63, 3.8) is 0 Å². The Hall–Kier alpha value is -1.71. The molecule has 0 bridgehead atoms. The minimum Gasteiger partial charge on any atom is -0.380 e. The molecule has 0 radical (unpaired) electrons. The van der Waals surface area contributed by atoms with E-state index >= 15 is 0 Å². The second-order valence-corrected chi connectivity index (χ2v) is 5.82. The number of nitrogens with zero attached hydrogens (tertiary/aromatic N) is 5. The molecule has 1 saturated heterocycles. The van der Waals surface area contributed by atoms with Crippen LogP contribution in [0.4, 0.5) is 13.2 Å². The van der Waals surface area contributed by atoms with Crippen LogP contribution in [-0.4, -0.2) is 51.4 Å². The molecule has 1 fully saturated rings. The average Bonchev–Trinajstić information content (AvgIpc) is 2.81. The highest BCUT2D eigenvalue weighted by atomic mass is 35.5. The third kappa shape index (κ3) is 3.85. The Morgan fingerprint density at radius 1 is 1.21 bits per heavy atom. The first-order chi connectivity index (χ1) is 11.4. The smallest absolute Gasteiger partial charge is 0.380 e. The molecule has 0 spiro atoms. The molecule has 2 heterocycles. The number of alkyl halides is 3. The van der Waals surface area contributed by atoms with E-state index in [4.69, 9.17) is 16.3 Å². The van der Waals surface area contributed by atoms with Gasteiger partial charge in [-0.25, -0.2) is 0 Å². The summed E-state index contributed by atoms with van der Waals surface area (Å²) in [5, 5.41) is 11.4. The third-order valence-corrected chi connectivity index (χ3v) is 4.02. The van der Waals surface area contributed by atoms with Gasteiger partial charge in [0.05, 0.1) is 29.4 Å². The second-order valence-electron chi connectivity index (χ2n) is 5.41. The number of benzene rings is 1. The van der Waals surface area contributed by atoms with Crippen LogP contribution < -0.4 is 0 Å². The molecule has 1 aliphatic rings. The van der Waals surface area contributed by atoms with Crippen LogP contribution in [0.5, 0.6) is 0 Å². The Bertz CT molecular complexity index is 698. The summed E-state index contributed by atoms with van der Waals surface area (Å²) in [6.07, 6.45) is -3.54. The Labute approximate surface area is 141 Å². The molecule has 1 aromatic heterocycles. The molecule has 2 aromatic rings. The van der Waals surface area contributed by atoms with Gasteiger partial charge < -0.3 is 4.74 Å². The van der Waals surface area contributed by atoms with Crippen molar-refractivity contribution in [3.05, 3.63) is 34.6 Å². The number of tetrazole rings is 1. The molecular weight excluding hydrogens is 347 g/mol. The monoisotopic (exact) mass is 361 g/mol. The van der Waals surface area contributed by atoms with E-state index in [9.17, 15) is 13.2 Å². The zero-order valence-electron chi connectivity index (χ0n) is 12.6. The Kier molecular flexibility index (Phi) is 5.02. The zero-order valence-corrected chi connectivity index (χ0v) is 13.4. The molecule has 1 aliphatic heterocycles. The molecule has 3 rings (SSSR count). The lowest BCUT2D eigenvalue weighted by atomic mass is 10.2. The lowest BCUT2D eigenvalue weighted by Crippen LogP contribution is -2.27. The summed E-state index contributed by atoms with van der Waals surface area (Å²) in [4.78, 5) is 2.13. The van der Waals surface area contributed by atoms with Crippen LogP contribution in [0.3, 0.4) is 0 Å². The summed E-state index contributed by atoms with van der Waals surface area (Å²) in [5.41, 5.74) is -0.494. The van der Waals surface area contributed by atoms with Gasteiger partial charge in [0, 0.05) is 19.7 Å². The van der Waals surface area contributed by atoms with Crippen molar-refractivity contribution in [2.24, 2.45) is 0 Å². The number of hydrogen-bond donors (Lipinski definition) is 0. The van der Waals surface area contributed by atoms with E-state index < -0.39 is 11.7 Å². The maximum Gasteiger partial charge on any atom is 0.416 e. The molecular formula is C14H15ClF3N5O. The number of aromatic nitrogens is 4. The van der Waals surface area contributed by atoms with Crippen molar-refractivity contribution < 1.29 is 17.9 Å². The molecule has 6 nitrogen and oxygen atoms in total. The number of hydrogen-bond acceptors (Lipinski definition) is 5. The van der Waals surface area contributed by atoms with Crippen LogP contribution in [0.15, 0.2) is 18.2 Å². The van der Waals surface area contributed by atoms with E-state index in [1.807, 2.05) is 0 Å².